The maximum atomic E-state index is 6.36. The van der Waals surface area contributed by atoms with E-state index in [1.54, 1.807) is 0 Å². The lowest BCUT2D eigenvalue weighted by Crippen LogP contribution is -2.50. The minimum atomic E-state index is -1.61. The average molecular weight is 271 g/mol. The van der Waals surface area contributed by atoms with Crippen LogP contribution in [0, 0.1) is 5.92 Å². The third kappa shape index (κ3) is 3.01. The summed E-state index contributed by atoms with van der Waals surface area (Å²) < 4.78 is 6.36. The molecule has 0 aliphatic heterocycles. The fraction of sp³-hybridized carbons (Fsp3) is 1.00. The van der Waals surface area contributed by atoms with E-state index < -0.39 is 8.32 Å². The van der Waals surface area contributed by atoms with Crippen LogP contribution in [0.2, 0.25) is 16.6 Å². The Hall–Kier alpha value is 0.177. The topological polar surface area (TPSA) is 9.23 Å². The van der Waals surface area contributed by atoms with E-state index >= 15 is 0 Å². The van der Waals surface area contributed by atoms with Crippen molar-refractivity contribution in [3.05, 3.63) is 0 Å². The summed E-state index contributed by atoms with van der Waals surface area (Å²) in [7, 11) is 0.411. The molecule has 0 bridgehead atoms. The maximum absolute atomic E-state index is 6.36. The zero-order chi connectivity index (χ0) is 13.8. The monoisotopic (exact) mass is 270 g/mol. The minimum Gasteiger partial charge on any atom is -0.419 e. The molecule has 0 N–H and O–H groups in total. The van der Waals surface area contributed by atoms with Gasteiger partial charge in [0.2, 0.25) is 8.32 Å². The molecule has 18 heavy (non-hydrogen) atoms. The van der Waals surface area contributed by atoms with Crippen molar-refractivity contribution in [2.75, 3.05) is 7.11 Å². The van der Waals surface area contributed by atoms with Crippen molar-refractivity contribution in [1.82, 2.24) is 0 Å². The number of rotatable bonds is 6. The van der Waals surface area contributed by atoms with Crippen LogP contribution >= 0.6 is 0 Å². The molecule has 108 valence electrons. The Bertz CT molecular complexity index is 223. The highest BCUT2D eigenvalue weighted by Gasteiger charge is 2.50. The van der Waals surface area contributed by atoms with Gasteiger partial charge in [-0.05, 0) is 22.5 Å². The van der Waals surface area contributed by atoms with Gasteiger partial charge in [0, 0.05) is 7.11 Å². The molecule has 0 heterocycles. The zero-order valence-electron chi connectivity index (χ0n) is 13.5. The van der Waals surface area contributed by atoms with Crippen molar-refractivity contribution in [3.8, 4) is 0 Å². The van der Waals surface area contributed by atoms with Crippen molar-refractivity contribution in [2.24, 2.45) is 5.92 Å². The predicted molar refractivity (Wildman–Crippen MR) is 83.6 cm³/mol. The van der Waals surface area contributed by atoms with E-state index in [0.717, 1.165) is 22.5 Å². The van der Waals surface area contributed by atoms with E-state index in [2.05, 4.69) is 34.6 Å². The second-order valence-corrected chi connectivity index (χ2v) is 11.5. The van der Waals surface area contributed by atoms with Crippen molar-refractivity contribution < 1.29 is 4.43 Å². The summed E-state index contributed by atoms with van der Waals surface area (Å²) >= 11 is 0. The lowest BCUT2D eigenvalue weighted by Gasteiger charge is -2.47. The van der Waals surface area contributed by atoms with Crippen LogP contribution in [-0.2, 0) is 4.43 Å². The Labute approximate surface area is 116 Å². The molecule has 1 rings (SSSR count). The molecule has 1 saturated carbocycles. The van der Waals surface area contributed by atoms with Gasteiger partial charge in [0.1, 0.15) is 0 Å². The minimum absolute atomic E-state index is 0.802. The first-order chi connectivity index (χ1) is 8.52. The molecule has 0 aromatic rings. The predicted octanol–water partition coefficient (Wildman–Crippen LogP) is 5.76. The van der Waals surface area contributed by atoms with Gasteiger partial charge in [0.05, 0.1) is 0 Å². The van der Waals surface area contributed by atoms with Crippen LogP contribution in [0.3, 0.4) is 0 Å². The summed E-state index contributed by atoms with van der Waals surface area (Å²) in [5.41, 5.74) is 2.51. The zero-order valence-corrected chi connectivity index (χ0v) is 14.5. The molecule has 1 aliphatic carbocycles. The molecule has 0 aromatic heterocycles. The molecule has 1 fully saturated rings. The molecule has 0 radical (unpaired) electrons. The van der Waals surface area contributed by atoms with Crippen molar-refractivity contribution in [3.63, 3.8) is 0 Å². The van der Waals surface area contributed by atoms with Crippen LogP contribution < -0.4 is 0 Å². The van der Waals surface area contributed by atoms with E-state index in [-0.39, 0.29) is 0 Å². The maximum Gasteiger partial charge on any atom is 0.200 e. The van der Waals surface area contributed by atoms with Gasteiger partial charge in [-0.3, -0.25) is 0 Å². The first-order valence-corrected chi connectivity index (χ1v) is 10.2. The van der Waals surface area contributed by atoms with Crippen molar-refractivity contribution in [2.45, 2.75) is 89.8 Å². The molecule has 0 amide bonds. The van der Waals surface area contributed by atoms with Crippen LogP contribution in [0.15, 0.2) is 0 Å². The van der Waals surface area contributed by atoms with Crippen LogP contribution in [0.5, 0.6) is 0 Å². The summed E-state index contributed by atoms with van der Waals surface area (Å²) in [5.74, 6) is 0.943. The standard InChI is InChI=1S/C16H34OSi/c1-7-14(4)18(17-6,15(5)8-2)16-11-9-13(3)10-12-16/h13-16H,7-12H2,1-6H3. The molecular formula is C16H34OSi. The molecule has 1 aliphatic rings. The van der Waals surface area contributed by atoms with Crippen LogP contribution in [-0.4, -0.2) is 15.4 Å². The Balaban J connectivity index is 2.94. The third-order valence-electron chi connectivity index (χ3n) is 5.77. The largest absolute Gasteiger partial charge is 0.419 e. The Morgan fingerprint density at radius 1 is 1.00 bits per heavy atom. The van der Waals surface area contributed by atoms with E-state index in [0.29, 0.717) is 0 Å². The van der Waals surface area contributed by atoms with Crippen molar-refractivity contribution >= 4 is 8.32 Å². The van der Waals surface area contributed by atoms with Gasteiger partial charge >= 0.3 is 0 Å². The normalized spacial score (nSPS) is 31.7. The summed E-state index contributed by atoms with van der Waals surface area (Å²) in [4.78, 5) is 0. The first-order valence-electron chi connectivity index (χ1n) is 8.07. The Kier molecular flexibility index (Phi) is 6.39. The highest BCUT2D eigenvalue weighted by molar-refractivity contribution is 6.78. The summed E-state index contributed by atoms with van der Waals surface area (Å²) in [6, 6.07) is 0. The molecule has 2 atom stereocenters. The molecule has 2 unspecified atom stereocenters. The summed E-state index contributed by atoms with van der Waals surface area (Å²) in [6.07, 6.45) is 8.28. The third-order valence-corrected chi connectivity index (χ3v) is 12.2. The smallest absolute Gasteiger partial charge is 0.200 e. The lowest BCUT2D eigenvalue weighted by molar-refractivity contribution is 0.301. The quantitative estimate of drug-likeness (QED) is 0.558. The van der Waals surface area contributed by atoms with Gasteiger partial charge < -0.3 is 4.43 Å². The van der Waals surface area contributed by atoms with Gasteiger partial charge in [-0.25, -0.2) is 0 Å². The first kappa shape index (κ1) is 16.2. The van der Waals surface area contributed by atoms with Gasteiger partial charge in [0.15, 0.2) is 0 Å². The molecular weight excluding hydrogens is 236 g/mol. The van der Waals surface area contributed by atoms with E-state index in [4.69, 9.17) is 4.43 Å². The Morgan fingerprint density at radius 2 is 1.44 bits per heavy atom. The SMILES string of the molecule is CCC(C)[Si](OC)(C(C)CC)C1CCC(C)CC1. The molecule has 2 heteroatoms. The van der Waals surface area contributed by atoms with Gasteiger partial charge in [0.25, 0.3) is 0 Å². The van der Waals surface area contributed by atoms with Crippen LogP contribution in [0.4, 0.5) is 0 Å². The second kappa shape index (κ2) is 7.09. The molecule has 1 nitrogen and oxygen atoms in total. The highest BCUT2D eigenvalue weighted by atomic mass is 28.4. The molecule has 0 spiro atoms. The fourth-order valence-corrected chi connectivity index (χ4v) is 10.4. The molecule has 0 aromatic carbocycles. The highest BCUT2D eigenvalue weighted by Crippen LogP contribution is 2.51. The van der Waals surface area contributed by atoms with E-state index in [9.17, 15) is 0 Å². The Morgan fingerprint density at radius 3 is 1.78 bits per heavy atom. The van der Waals surface area contributed by atoms with Crippen LogP contribution in [0.1, 0.15) is 73.1 Å². The van der Waals surface area contributed by atoms with Crippen LogP contribution in [0.25, 0.3) is 0 Å². The number of hydrogen-bond donors (Lipinski definition) is 0. The van der Waals surface area contributed by atoms with Gasteiger partial charge in [-0.15, -0.1) is 0 Å². The molecule has 0 saturated heterocycles. The second-order valence-electron chi connectivity index (χ2n) is 6.63. The van der Waals surface area contributed by atoms with Gasteiger partial charge in [-0.2, -0.15) is 0 Å². The van der Waals surface area contributed by atoms with E-state index in [1.165, 1.54) is 38.5 Å². The average Bonchev–Trinajstić information content (AvgIpc) is 2.41. The summed E-state index contributed by atoms with van der Waals surface area (Å²) in [5, 5.41) is 0. The number of hydrogen-bond acceptors (Lipinski definition) is 1. The van der Waals surface area contributed by atoms with Crippen molar-refractivity contribution in [1.29, 1.82) is 0 Å². The van der Waals surface area contributed by atoms with E-state index in [1.807, 2.05) is 7.11 Å². The summed E-state index contributed by atoms with van der Waals surface area (Å²) in [6.45, 7) is 12.0. The lowest BCUT2D eigenvalue weighted by atomic mass is 9.90. The fourth-order valence-electron chi connectivity index (χ4n) is 4.21. The van der Waals surface area contributed by atoms with Gasteiger partial charge in [-0.1, -0.05) is 73.1 Å².